The number of benzene rings is 2. The fraction of sp³-hybridized carbons (Fsp3) is 0.182. The molecule has 0 aliphatic carbocycles. The molecule has 0 saturated carbocycles. The molecule has 0 saturated heterocycles. The van der Waals surface area contributed by atoms with Gasteiger partial charge in [0, 0.05) is 16.9 Å². The van der Waals surface area contributed by atoms with Crippen LogP contribution in [0.3, 0.4) is 0 Å². The van der Waals surface area contributed by atoms with Gasteiger partial charge in [0.25, 0.3) is 5.91 Å². The van der Waals surface area contributed by atoms with Crippen molar-refractivity contribution in [3.05, 3.63) is 77.1 Å². The second kappa shape index (κ2) is 8.76. The molecule has 0 bridgehead atoms. The molecular formula is C22H22ClN3O2. The van der Waals surface area contributed by atoms with Crippen LogP contribution in [-0.4, -0.2) is 18.0 Å². The quantitative estimate of drug-likeness (QED) is 0.548. The van der Waals surface area contributed by atoms with E-state index < -0.39 is 0 Å². The highest BCUT2D eigenvalue weighted by Crippen LogP contribution is 2.28. The Labute approximate surface area is 169 Å². The number of carbonyl (C=O) groups excluding carboxylic acids is 1. The number of methoxy groups -OCH3 is 1. The smallest absolute Gasteiger partial charge is 0.257 e. The van der Waals surface area contributed by atoms with Gasteiger partial charge in [-0.25, -0.2) is 0 Å². The first kappa shape index (κ1) is 19.7. The van der Waals surface area contributed by atoms with Gasteiger partial charge in [-0.2, -0.15) is 0 Å². The van der Waals surface area contributed by atoms with E-state index in [1.807, 2.05) is 12.1 Å². The van der Waals surface area contributed by atoms with E-state index in [2.05, 4.69) is 41.6 Å². The summed E-state index contributed by atoms with van der Waals surface area (Å²) in [7, 11) is 1.54. The van der Waals surface area contributed by atoms with Gasteiger partial charge >= 0.3 is 0 Å². The van der Waals surface area contributed by atoms with E-state index in [0.717, 1.165) is 11.4 Å². The molecule has 144 valence electrons. The second-order valence-corrected chi connectivity index (χ2v) is 7.10. The summed E-state index contributed by atoms with van der Waals surface area (Å²) in [6.45, 7) is 4.31. The Morgan fingerprint density at radius 1 is 1.04 bits per heavy atom. The van der Waals surface area contributed by atoms with Crippen LogP contribution in [0.15, 0.2) is 60.9 Å². The average molecular weight is 396 g/mol. The highest BCUT2D eigenvalue weighted by Gasteiger charge is 2.12. The lowest BCUT2D eigenvalue weighted by Gasteiger charge is -2.12. The average Bonchev–Trinajstić information content (AvgIpc) is 2.69. The number of aromatic nitrogens is 1. The molecule has 1 heterocycles. The van der Waals surface area contributed by atoms with Crippen molar-refractivity contribution in [3.63, 3.8) is 0 Å². The molecule has 0 aliphatic heterocycles. The predicted octanol–water partition coefficient (Wildman–Crippen LogP) is 5.86. The maximum atomic E-state index is 12.6. The van der Waals surface area contributed by atoms with Crippen LogP contribution in [0.5, 0.6) is 5.75 Å². The molecule has 0 unspecified atom stereocenters. The minimum absolute atomic E-state index is 0.299. The van der Waals surface area contributed by atoms with E-state index in [0.29, 0.717) is 27.9 Å². The van der Waals surface area contributed by atoms with E-state index in [1.54, 1.807) is 30.5 Å². The fourth-order valence-corrected chi connectivity index (χ4v) is 2.89. The van der Waals surface area contributed by atoms with Gasteiger partial charge in [-0.3, -0.25) is 9.78 Å². The highest BCUT2D eigenvalue weighted by molar-refractivity contribution is 6.31. The zero-order chi connectivity index (χ0) is 20.1. The van der Waals surface area contributed by atoms with Crippen LogP contribution in [0.25, 0.3) is 0 Å². The summed E-state index contributed by atoms with van der Waals surface area (Å²) in [5, 5.41) is 6.59. The van der Waals surface area contributed by atoms with Crippen LogP contribution in [-0.2, 0) is 0 Å². The maximum Gasteiger partial charge on any atom is 0.257 e. The number of amides is 1. The molecule has 2 aromatic carbocycles. The summed E-state index contributed by atoms with van der Waals surface area (Å²) in [4.78, 5) is 16.8. The van der Waals surface area contributed by atoms with Gasteiger partial charge in [-0.15, -0.1) is 0 Å². The number of nitrogens with one attached hydrogen (secondary N) is 2. The van der Waals surface area contributed by atoms with Crippen molar-refractivity contribution in [3.8, 4) is 5.75 Å². The number of carbonyl (C=O) groups is 1. The third kappa shape index (κ3) is 4.81. The molecule has 2 N–H and O–H groups in total. The van der Waals surface area contributed by atoms with Crippen molar-refractivity contribution in [1.29, 1.82) is 0 Å². The molecule has 6 heteroatoms. The minimum Gasteiger partial charge on any atom is -0.495 e. The van der Waals surface area contributed by atoms with Crippen LogP contribution >= 0.6 is 11.6 Å². The minimum atomic E-state index is -0.299. The molecule has 0 aliphatic rings. The first-order chi connectivity index (χ1) is 13.5. The van der Waals surface area contributed by atoms with E-state index in [1.165, 1.54) is 18.9 Å². The Morgan fingerprint density at radius 2 is 1.79 bits per heavy atom. The molecule has 0 atom stereocenters. The number of rotatable bonds is 6. The Morgan fingerprint density at radius 3 is 2.46 bits per heavy atom. The number of hydrogen-bond donors (Lipinski definition) is 2. The maximum absolute atomic E-state index is 12.6. The van der Waals surface area contributed by atoms with E-state index in [4.69, 9.17) is 16.3 Å². The molecule has 0 fully saturated rings. The van der Waals surface area contributed by atoms with E-state index >= 15 is 0 Å². The number of pyridine rings is 1. The third-order valence-corrected chi connectivity index (χ3v) is 4.51. The van der Waals surface area contributed by atoms with E-state index in [9.17, 15) is 4.79 Å². The van der Waals surface area contributed by atoms with Crippen molar-refractivity contribution >= 4 is 34.6 Å². The predicted molar refractivity (Wildman–Crippen MR) is 114 cm³/mol. The monoisotopic (exact) mass is 395 g/mol. The van der Waals surface area contributed by atoms with Crippen LogP contribution in [0, 0.1) is 0 Å². The van der Waals surface area contributed by atoms with Crippen molar-refractivity contribution in [2.24, 2.45) is 0 Å². The van der Waals surface area contributed by atoms with Crippen LogP contribution in [0.4, 0.5) is 17.1 Å². The molecule has 0 spiro atoms. The summed E-state index contributed by atoms with van der Waals surface area (Å²) in [6, 6.07) is 15.0. The standard InChI is InChI=1S/C22H22ClN3O2/c1-14(2)15-4-7-18(8-5-15)25-19-10-16(12-24-13-19)22(27)26-20-11-17(23)6-9-21(20)28-3/h4-14,25H,1-3H3,(H,26,27). The summed E-state index contributed by atoms with van der Waals surface area (Å²) < 4.78 is 5.26. The van der Waals surface area contributed by atoms with Gasteiger partial charge in [0.1, 0.15) is 5.75 Å². The zero-order valence-electron chi connectivity index (χ0n) is 16.0. The first-order valence-electron chi connectivity index (χ1n) is 8.93. The summed E-state index contributed by atoms with van der Waals surface area (Å²) in [5.41, 5.74) is 3.85. The van der Waals surface area contributed by atoms with Gasteiger partial charge in [-0.1, -0.05) is 37.6 Å². The molecule has 3 rings (SSSR count). The zero-order valence-corrected chi connectivity index (χ0v) is 16.7. The number of halogens is 1. The molecule has 0 radical (unpaired) electrons. The lowest BCUT2D eigenvalue weighted by Crippen LogP contribution is -2.13. The van der Waals surface area contributed by atoms with Gasteiger partial charge in [-0.05, 0) is 47.9 Å². The van der Waals surface area contributed by atoms with Crippen molar-refractivity contribution in [1.82, 2.24) is 4.98 Å². The van der Waals surface area contributed by atoms with Crippen molar-refractivity contribution in [2.45, 2.75) is 19.8 Å². The molecule has 1 amide bonds. The van der Waals surface area contributed by atoms with Gasteiger partial charge < -0.3 is 15.4 Å². The highest BCUT2D eigenvalue weighted by atomic mass is 35.5. The van der Waals surface area contributed by atoms with Crippen molar-refractivity contribution < 1.29 is 9.53 Å². The SMILES string of the molecule is COc1ccc(Cl)cc1NC(=O)c1cncc(Nc2ccc(C(C)C)cc2)c1. The molecule has 28 heavy (non-hydrogen) atoms. The number of ether oxygens (including phenoxy) is 1. The van der Waals surface area contributed by atoms with Gasteiger partial charge in [0.05, 0.1) is 30.2 Å². The number of anilines is 3. The van der Waals surface area contributed by atoms with Gasteiger partial charge in [0.2, 0.25) is 0 Å². The Bertz CT molecular complexity index is 972. The molecule has 1 aromatic heterocycles. The number of nitrogens with zero attached hydrogens (tertiary/aromatic N) is 1. The third-order valence-electron chi connectivity index (χ3n) is 4.28. The first-order valence-corrected chi connectivity index (χ1v) is 9.31. The number of hydrogen-bond acceptors (Lipinski definition) is 4. The van der Waals surface area contributed by atoms with Crippen LogP contribution in [0.2, 0.25) is 5.02 Å². The Hall–Kier alpha value is -3.05. The van der Waals surface area contributed by atoms with Gasteiger partial charge in [0.15, 0.2) is 0 Å². The molecule has 3 aromatic rings. The topological polar surface area (TPSA) is 63.2 Å². The van der Waals surface area contributed by atoms with E-state index in [-0.39, 0.29) is 5.91 Å². The summed E-state index contributed by atoms with van der Waals surface area (Å²) in [6.07, 6.45) is 3.19. The normalized spacial score (nSPS) is 10.6. The van der Waals surface area contributed by atoms with Crippen molar-refractivity contribution in [2.75, 3.05) is 17.7 Å². The summed E-state index contributed by atoms with van der Waals surface area (Å²) >= 11 is 6.02. The summed E-state index contributed by atoms with van der Waals surface area (Å²) in [5.74, 6) is 0.711. The largest absolute Gasteiger partial charge is 0.495 e. The molecular weight excluding hydrogens is 374 g/mol. The lowest BCUT2D eigenvalue weighted by molar-refractivity contribution is 0.102. The van der Waals surface area contributed by atoms with Crippen LogP contribution in [0.1, 0.15) is 35.7 Å². The van der Waals surface area contributed by atoms with Crippen LogP contribution < -0.4 is 15.4 Å². The Balaban J connectivity index is 1.75. The fourth-order valence-electron chi connectivity index (χ4n) is 2.72. The second-order valence-electron chi connectivity index (χ2n) is 6.66. The lowest BCUT2D eigenvalue weighted by atomic mass is 10.0. The molecule has 5 nitrogen and oxygen atoms in total. The Kier molecular flexibility index (Phi) is 6.16.